The zero-order chi connectivity index (χ0) is 13.8. The van der Waals surface area contributed by atoms with Crippen LogP contribution < -0.4 is 14.8 Å². The third kappa shape index (κ3) is 2.71. The standard InChI is InChI=1S/C15H19N3O2/c1-2-6-18-7-5-16-15(18)11-17-12-3-4-13-14(10-12)20-9-8-19-13/h3-5,7,10,17H,2,6,8-9,11H2,1H3. The van der Waals surface area contributed by atoms with Gasteiger partial charge in [0.1, 0.15) is 19.0 Å². The highest BCUT2D eigenvalue weighted by Gasteiger charge is 2.11. The van der Waals surface area contributed by atoms with Crippen molar-refractivity contribution in [1.82, 2.24) is 9.55 Å². The third-order valence-corrected chi connectivity index (χ3v) is 3.26. The molecule has 0 radical (unpaired) electrons. The van der Waals surface area contributed by atoms with Gasteiger partial charge in [0.25, 0.3) is 0 Å². The summed E-state index contributed by atoms with van der Waals surface area (Å²) in [5.41, 5.74) is 1.01. The molecule has 0 saturated heterocycles. The molecule has 20 heavy (non-hydrogen) atoms. The molecule has 1 aromatic heterocycles. The van der Waals surface area contributed by atoms with Crippen LogP contribution in [0.15, 0.2) is 30.6 Å². The van der Waals surface area contributed by atoms with Gasteiger partial charge in [0.15, 0.2) is 11.5 Å². The molecular weight excluding hydrogens is 254 g/mol. The number of hydrogen-bond acceptors (Lipinski definition) is 4. The Morgan fingerprint density at radius 2 is 2.10 bits per heavy atom. The quantitative estimate of drug-likeness (QED) is 0.910. The van der Waals surface area contributed by atoms with Crippen LogP contribution in [0.3, 0.4) is 0 Å². The van der Waals surface area contributed by atoms with Gasteiger partial charge < -0.3 is 19.4 Å². The minimum atomic E-state index is 0.608. The maximum Gasteiger partial charge on any atom is 0.163 e. The second-order valence-corrected chi connectivity index (χ2v) is 4.75. The molecule has 1 aliphatic heterocycles. The monoisotopic (exact) mass is 273 g/mol. The Kier molecular flexibility index (Phi) is 3.76. The molecule has 0 atom stereocenters. The summed E-state index contributed by atoms with van der Waals surface area (Å²) in [5.74, 6) is 2.66. The van der Waals surface area contributed by atoms with E-state index in [9.17, 15) is 0 Å². The van der Waals surface area contributed by atoms with Crippen LogP contribution in [0.5, 0.6) is 11.5 Å². The van der Waals surface area contributed by atoms with Crippen molar-refractivity contribution in [3.63, 3.8) is 0 Å². The van der Waals surface area contributed by atoms with E-state index < -0.39 is 0 Å². The second kappa shape index (κ2) is 5.86. The number of aromatic nitrogens is 2. The van der Waals surface area contributed by atoms with Gasteiger partial charge in [-0.25, -0.2) is 4.98 Å². The van der Waals surface area contributed by atoms with Gasteiger partial charge in [0, 0.05) is 30.7 Å². The number of fused-ring (bicyclic) bond motifs is 1. The Morgan fingerprint density at radius 1 is 1.25 bits per heavy atom. The molecule has 106 valence electrons. The molecule has 0 amide bonds. The van der Waals surface area contributed by atoms with Crippen LogP contribution in [-0.2, 0) is 13.1 Å². The molecule has 5 heteroatoms. The maximum atomic E-state index is 5.58. The average molecular weight is 273 g/mol. The highest BCUT2D eigenvalue weighted by atomic mass is 16.6. The van der Waals surface area contributed by atoms with Crippen molar-refractivity contribution in [2.45, 2.75) is 26.4 Å². The van der Waals surface area contributed by atoms with E-state index in [-0.39, 0.29) is 0 Å². The number of benzene rings is 1. The van der Waals surface area contributed by atoms with Gasteiger partial charge in [-0.3, -0.25) is 0 Å². The molecule has 1 N–H and O–H groups in total. The minimum absolute atomic E-state index is 0.608. The third-order valence-electron chi connectivity index (χ3n) is 3.26. The van der Waals surface area contributed by atoms with E-state index in [1.807, 2.05) is 30.6 Å². The molecule has 0 bridgehead atoms. The van der Waals surface area contributed by atoms with Gasteiger partial charge in [-0.15, -0.1) is 0 Å². The van der Waals surface area contributed by atoms with E-state index in [0.29, 0.717) is 19.8 Å². The van der Waals surface area contributed by atoms with E-state index in [0.717, 1.165) is 36.0 Å². The van der Waals surface area contributed by atoms with Crippen molar-refractivity contribution in [3.05, 3.63) is 36.4 Å². The Hall–Kier alpha value is -2.17. The van der Waals surface area contributed by atoms with E-state index in [2.05, 4.69) is 21.8 Å². The number of ether oxygens (including phenoxy) is 2. The molecule has 0 spiro atoms. The summed E-state index contributed by atoms with van der Waals surface area (Å²) in [7, 11) is 0. The Morgan fingerprint density at radius 3 is 2.95 bits per heavy atom. The largest absolute Gasteiger partial charge is 0.486 e. The van der Waals surface area contributed by atoms with Gasteiger partial charge in [-0.2, -0.15) is 0 Å². The van der Waals surface area contributed by atoms with Gasteiger partial charge in [-0.1, -0.05) is 6.92 Å². The summed E-state index contributed by atoms with van der Waals surface area (Å²) in [6, 6.07) is 5.91. The van der Waals surface area contributed by atoms with E-state index in [4.69, 9.17) is 9.47 Å². The number of aryl methyl sites for hydroxylation is 1. The first kappa shape index (κ1) is 12.8. The number of imidazole rings is 1. The van der Waals surface area contributed by atoms with Crippen molar-refractivity contribution in [1.29, 1.82) is 0 Å². The normalized spacial score (nSPS) is 13.2. The second-order valence-electron chi connectivity index (χ2n) is 4.75. The van der Waals surface area contributed by atoms with Crippen LogP contribution in [0.4, 0.5) is 5.69 Å². The molecule has 0 fully saturated rings. The topological polar surface area (TPSA) is 48.3 Å². The van der Waals surface area contributed by atoms with E-state index >= 15 is 0 Å². The Balaban J connectivity index is 1.67. The van der Waals surface area contributed by atoms with E-state index in [1.54, 1.807) is 0 Å². The van der Waals surface area contributed by atoms with Crippen molar-refractivity contribution < 1.29 is 9.47 Å². The first-order valence-electron chi connectivity index (χ1n) is 7.00. The molecule has 2 aromatic rings. The molecule has 2 heterocycles. The van der Waals surface area contributed by atoms with Crippen LogP contribution in [0.25, 0.3) is 0 Å². The zero-order valence-corrected chi connectivity index (χ0v) is 11.6. The number of nitrogens with zero attached hydrogens (tertiary/aromatic N) is 2. The summed E-state index contributed by atoms with van der Waals surface area (Å²) in [5, 5.41) is 3.38. The van der Waals surface area contributed by atoms with Crippen LogP contribution in [-0.4, -0.2) is 22.8 Å². The van der Waals surface area contributed by atoms with Crippen molar-refractivity contribution >= 4 is 5.69 Å². The Bertz CT molecular complexity index is 580. The molecule has 5 nitrogen and oxygen atoms in total. The summed E-state index contributed by atoms with van der Waals surface area (Å²) >= 11 is 0. The number of anilines is 1. The number of rotatable bonds is 5. The molecule has 0 aliphatic carbocycles. The van der Waals surface area contributed by atoms with Gasteiger partial charge in [0.05, 0.1) is 6.54 Å². The SMILES string of the molecule is CCCn1ccnc1CNc1ccc2c(c1)OCCO2. The lowest BCUT2D eigenvalue weighted by Gasteiger charge is -2.19. The first-order chi connectivity index (χ1) is 9.86. The fourth-order valence-corrected chi connectivity index (χ4v) is 2.29. The highest BCUT2D eigenvalue weighted by molar-refractivity contribution is 5.55. The molecule has 0 unspecified atom stereocenters. The highest BCUT2D eigenvalue weighted by Crippen LogP contribution is 2.32. The summed E-state index contributed by atoms with van der Waals surface area (Å²) < 4.78 is 13.3. The van der Waals surface area contributed by atoms with Crippen LogP contribution in [0.1, 0.15) is 19.2 Å². The number of nitrogens with one attached hydrogen (secondary N) is 1. The fourth-order valence-electron chi connectivity index (χ4n) is 2.29. The summed E-state index contributed by atoms with van der Waals surface area (Å²) in [6.07, 6.45) is 4.97. The molecular formula is C15H19N3O2. The lowest BCUT2D eigenvalue weighted by molar-refractivity contribution is 0.171. The van der Waals surface area contributed by atoms with E-state index in [1.165, 1.54) is 0 Å². The zero-order valence-electron chi connectivity index (χ0n) is 11.6. The predicted molar refractivity (Wildman–Crippen MR) is 77.3 cm³/mol. The molecule has 1 aliphatic rings. The average Bonchev–Trinajstić information content (AvgIpc) is 2.93. The molecule has 0 saturated carbocycles. The van der Waals surface area contributed by atoms with Crippen molar-refractivity contribution in [2.75, 3.05) is 18.5 Å². The van der Waals surface area contributed by atoms with Crippen LogP contribution in [0, 0.1) is 0 Å². The van der Waals surface area contributed by atoms with Gasteiger partial charge in [-0.05, 0) is 18.6 Å². The lowest BCUT2D eigenvalue weighted by Crippen LogP contribution is -2.15. The van der Waals surface area contributed by atoms with Crippen LogP contribution in [0.2, 0.25) is 0 Å². The first-order valence-corrected chi connectivity index (χ1v) is 7.00. The number of hydrogen-bond donors (Lipinski definition) is 1. The van der Waals surface area contributed by atoms with Gasteiger partial charge >= 0.3 is 0 Å². The van der Waals surface area contributed by atoms with Crippen LogP contribution >= 0.6 is 0 Å². The van der Waals surface area contributed by atoms with Crippen molar-refractivity contribution in [3.8, 4) is 11.5 Å². The fraction of sp³-hybridized carbons (Fsp3) is 0.400. The Labute approximate surface area is 118 Å². The molecule has 1 aromatic carbocycles. The van der Waals surface area contributed by atoms with Gasteiger partial charge in [0.2, 0.25) is 0 Å². The minimum Gasteiger partial charge on any atom is -0.486 e. The predicted octanol–water partition coefficient (Wildman–Crippen LogP) is 2.68. The summed E-state index contributed by atoms with van der Waals surface area (Å²) in [6.45, 7) is 5.09. The smallest absolute Gasteiger partial charge is 0.163 e. The summed E-state index contributed by atoms with van der Waals surface area (Å²) in [4.78, 5) is 4.38. The molecule has 3 rings (SSSR count). The van der Waals surface area contributed by atoms with Crippen molar-refractivity contribution in [2.24, 2.45) is 0 Å². The maximum absolute atomic E-state index is 5.58. The lowest BCUT2D eigenvalue weighted by atomic mass is 10.2.